The van der Waals surface area contributed by atoms with Gasteiger partial charge in [-0.1, -0.05) is 6.42 Å². The van der Waals surface area contributed by atoms with Crippen molar-refractivity contribution in [1.29, 1.82) is 0 Å². The summed E-state index contributed by atoms with van der Waals surface area (Å²) >= 11 is 0. The Morgan fingerprint density at radius 2 is 1.88 bits per heavy atom. The summed E-state index contributed by atoms with van der Waals surface area (Å²) < 4.78 is 26.9. The predicted octanol–water partition coefficient (Wildman–Crippen LogP) is 3.15. The van der Waals surface area contributed by atoms with Gasteiger partial charge < -0.3 is 11.1 Å². The predicted molar refractivity (Wildman–Crippen MR) is 61.2 cm³/mol. The Balaban J connectivity index is 2.13. The molecule has 3 N–H and O–H groups in total. The lowest BCUT2D eigenvalue weighted by Crippen LogP contribution is -2.31. The maximum absolute atomic E-state index is 13.5. The number of nitrogens with two attached hydrogens (primary N) is 1. The highest BCUT2D eigenvalue weighted by Crippen LogP contribution is 2.32. The molecule has 1 aromatic rings. The Kier molecular flexibility index (Phi) is 2.99. The average Bonchev–Trinajstić information content (AvgIpc) is 2.08. The van der Waals surface area contributed by atoms with E-state index in [9.17, 15) is 8.78 Å². The van der Waals surface area contributed by atoms with Crippen molar-refractivity contribution in [3.05, 3.63) is 23.8 Å². The highest BCUT2D eigenvalue weighted by molar-refractivity contribution is 5.54. The molecule has 1 aromatic carbocycles. The molecule has 1 aliphatic rings. The molecule has 1 unspecified atom stereocenters. The number of hydrogen-bond acceptors (Lipinski definition) is 2. The van der Waals surface area contributed by atoms with E-state index < -0.39 is 11.6 Å². The third kappa shape index (κ3) is 2.10. The van der Waals surface area contributed by atoms with Gasteiger partial charge in [0.25, 0.3) is 0 Å². The Hall–Kier alpha value is -1.32. The molecule has 0 spiro atoms. The molecule has 0 radical (unpaired) electrons. The molecule has 88 valence electrons. The van der Waals surface area contributed by atoms with Crippen molar-refractivity contribution in [2.24, 2.45) is 5.92 Å². The third-order valence-electron chi connectivity index (χ3n) is 3.29. The second-order valence-corrected chi connectivity index (χ2v) is 4.48. The van der Waals surface area contributed by atoms with Gasteiger partial charge in [-0.05, 0) is 37.8 Å². The van der Waals surface area contributed by atoms with E-state index in [1.165, 1.54) is 6.42 Å². The third-order valence-corrected chi connectivity index (χ3v) is 3.29. The van der Waals surface area contributed by atoms with E-state index in [1.807, 2.05) is 6.92 Å². The number of nitrogen functional groups attached to an aromatic ring is 1. The molecule has 0 saturated heterocycles. The topological polar surface area (TPSA) is 38.0 Å². The van der Waals surface area contributed by atoms with Crippen LogP contribution >= 0.6 is 0 Å². The SMILES string of the molecule is CC(Nc1c(F)cc(N)cc1F)C1CCC1. The summed E-state index contributed by atoms with van der Waals surface area (Å²) in [5.41, 5.74) is 5.40. The summed E-state index contributed by atoms with van der Waals surface area (Å²) in [4.78, 5) is 0. The van der Waals surface area contributed by atoms with Crippen molar-refractivity contribution >= 4 is 11.4 Å². The minimum absolute atomic E-state index is 0.0615. The largest absolute Gasteiger partial charge is 0.399 e. The monoisotopic (exact) mass is 226 g/mol. The van der Waals surface area contributed by atoms with Gasteiger partial charge in [-0.2, -0.15) is 0 Å². The van der Waals surface area contributed by atoms with Crippen molar-refractivity contribution in [2.75, 3.05) is 11.1 Å². The van der Waals surface area contributed by atoms with E-state index in [1.54, 1.807) is 0 Å². The van der Waals surface area contributed by atoms with Crippen LogP contribution in [0.4, 0.5) is 20.2 Å². The molecule has 0 heterocycles. The van der Waals surface area contributed by atoms with Crippen LogP contribution in [0.5, 0.6) is 0 Å². The second-order valence-electron chi connectivity index (χ2n) is 4.48. The number of hydrogen-bond donors (Lipinski definition) is 2. The van der Waals surface area contributed by atoms with Crippen LogP contribution < -0.4 is 11.1 Å². The fourth-order valence-corrected chi connectivity index (χ4v) is 2.02. The molecule has 0 bridgehead atoms. The van der Waals surface area contributed by atoms with E-state index in [2.05, 4.69) is 5.32 Å². The minimum Gasteiger partial charge on any atom is -0.399 e. The molecule has 16 heavy (non-hydrogen) atoms. The molecule has 0 aromatic heterocycles. The second kappa shape index (κ2) is 4.28. The van der Waals surface area contributed by atoms with Crippen LogP contribution in [0.1, 0.15) is 26.2 Å². The van der Waals surface area contributed by atoms with Gasteiger partial charge >= 0.3 is 0 Å². The average molecular weight is 226 g/mol. The molecular weight excluding hydrogens is 210 g/mol. The first-order valence-corrected chi connectivity index (χ1v) is 5.59. The molecule has 0 amide bonds. The Labute approximate surface area is 93.8 Å². The maximum atomic E-state index is 13.5. The van der Waals surface area contributed by atoms with Crippen LogP contribution in [-0.4, -0.2) is 6.04 Å². The van der Waals surface area contributed by atoms with Crippen LogP contribution in [0.25, 0.3) is 0 Å². The first-order valence-electron chi connectivity index (χ1n) is 5.59. The lowest BCUT2D eigenvalue weighted by atomic mass is 9.80. The van der Waals surface area contributed by atoms with Crippen molar-refractivity contribution in [1.82, 2.24) is 0 Å². The van der Waals surface area contributed by atoms with Gasteiger partial charge in [0, 0.05) is 11.7 Å². The molecule has 2 rings (SSSR count). The maximum Gasteiger partial charge on any atom is 0.151 e. The summed E-state index contributed by atoms with van der Waals surface area (Å²) in [6.45, 7) is 1.96. The van der Waals surface area contributed by atoms with Gasteiger partial charge in [0.15, 0.2) is 11.6 Å². The number of halogens is 2. The smallest absolute Gasteiger partial charge is 0.151 e. The van der Waals surface area contributed by atoms with Gasteiger partial charge in [-0.3, -0.25) is 0 Å². The summed E-state index contributed by atoms with van der Waals surface area (Å²) in [6.07, 6.45) is 3.47. The van der Waals surface area contributed by atoms with Gasteiger partial charge in [0.05, 0.1) is 0 Å². The normalized spacial score (nSPS) is 17.9. The zero-order chi connectivity index (χ0) is 11.7. The Bertz CT molecular complexity index is 366. The van der Waals surface area contributed by atoms with Crippen LogP contribution in [0.2, 0.25) is 0 Å². The molecule has 1 fully saturated rings. The molecule has 4 heteroatoms. The van der Waals surface area contributed by atoms with E-state index in [0.29, 0.717) is 5.92 Å². The van der Waals surface area contributed by atoms with E-state index in [0.717, 1.165) is 25.0 Å². The molecular formula is C12H16F2N2. The summed E-state index contributed by atoms with van der Waals surface area (Å²) in [7, 11) is 0. The molecule has 1 aliphatic carbocycles. The van der Waals surface area contributed by atoms with Crippen LogP contribution in [-0.2, 0) is 0 Å². The fourth-order valence-electron chi connectivity index (χ4n) is 2.02. The molecule has 0 aliphatic heterocycles. The minimum atomic E-state index is -0.622. The number of nitrogens with one attached hydrogen (secondary N) is 1. The van der Waals surface area contributed by atoms with E-state index in [-0.39, 0.29) is 17.4 Å². The number of rotatable bonds is 3. The Morgan fingerprint density at radius 3 is 2.31 bits per heavy atom. The van der Waals surface area contributed by atoms with Gasteiger partial charge in [-0.15, -0.1) is 0 Å². The molecule has 1 saturated carbocycles. The van der Waals surface area contributed by atoms with E-state index in [4.69, 9.17) is 5.73 Å². The quantitative estimate of drug-likeness (QED) is 0.777. The van der Waals surface area contributed by atoms with Crippen molar-refractivity contribution in [3.8, 4) is 0 Å². The van der Waals surface area contributed by atoms with Gasteiger partial charge in [0.1, 0.15) is 5.69 Å². The lowest BCUT2D eigenvalue weighted by Gasteiger charge is -2.32. The standard InChI is InChI=1S/C12H16F2N2/c1-7(8-3-2-4-8)16-12-10(13)5-9(15)6-11(12)14/h5-8,16H,2-4,15H2,1H3. The van der Waals surface area contributed by atoms with Crippen LogP contribution in [0.15, 0.2) is 12.1 Å². The zero-order valence-electron chi connectivity index (χ0n) is 9.26. The summed E-state index contributed by atoms with van der Waals surface area (Å²) in [5.74, 6) is -0.719. The lowest BCUT2D eigenvalue weighted by molar-refractivity contribution is 0.284. The first-order chi connectivity index (χ1) is 7.58. The highest BCUT2D eigenvalue weighted by Gasteiger charge is 2.25. The summed E-state index contributed by atoms with van der Waals surface area (Å²) in [5, 5.41) is 2.90. The fraction of sp³-hybridized carbons (Fsp3) is 0.500. The van der Waals surface area contributed by atoms with Crippen LogP contribution in [0.3, 0.4) is 0 Å². The van der Waals surface area contributed by atoms with Crippen molar-refractivity contribution in [3.63, 3.8) is 0 Å². The van der Waals surface area contributed by atoms with Crippen molar-refractivity contribution < 1.29 is 8.78 Å². The van der Waals surface area contributed by atoms with Crippen LogP contribution in [0, 0.1) is 17.6 Å². The van der Waals surface area contributed by atoms with Gasteiger partial charge in [-0.25, -0.2) is 8.78 Å². The number of benzene rings is 1. The molecule has 2 nitrogen and oxygen atoms in total. The zero-order valence-corrected chi connectivity index (χ0v) is 9.26. The highest BCUT2D eigenvalue weighted by atomic mass is 19.1. The molecule has 1 atom stereocenters. The first kappa shape index (κ1) is 11.2. The van der Waals surface area contributed by atoms with E-state index >= 15 is 0 Å². The number of anilines is 2. The van der Waals surface area contributed by atoms with Crippen molar-refractivity contribution in [2.45, 2.75) is 32.2 Å². The van der Waals surface area contributed by atoms with Gasteiger partial charge in [0.2, 0.25) is 0 Å². The Morgan fingerprint density at radius 1 is 1.31 bits per heavy atom. The summed E-state index contributed by atoms with van der Waals surface area (Å²) in [6, 6.07) is 2.37.